The van der Waals surface area contributed by atoms with E-state index in [0.717, 1.165) is 22.7 Å². The molecule has 0 bridgehead atoms. The van der Waals surface area contributed by atoms with Crippen LogP contribution in [0.4, 0.5) is 0 Å². The van der Waals surface area contributed by atoms with Gasteiger partial charge in [0.25, 0.3) is 0 Å². The van der Waals surface area contributed by atoms with Crippen LogP contribution in [-0.4, -0.2) is 28.3 Å². The maximum absolute atomic E-state index is 6.15. The number of allylic oxidation sites excluding steroid dienone is 2. The monoisotopic (exact) mass is 223 g/mol. The van der Waals surface area contributed by atoms with Crippen LogP contribution in [-0.2, 0) is 7.05 Å². The van der Waals surface area contributed by atoms with Crippen molar-refractivity contribution in [3.63, 3.8) is 0 Å². The summed E-state index contributed by atoms with van der Waals surface area (Å²) >= 11 is 6.15. The van der Waals surface area contributed by atoms with Crippen LogP contribution in [0.2, 0.25) is 0 Å². The zero-order chi connectivity index (χ0) is 11.0. The molecule has 0 saturated heterocycles. The van der Waals surface area contributed by atoms with E-state index in [1.165, 1.54) is 5.57 Å². The molecule has 1 aromatic rings. The van der Waals surface area contributed by atoms with Crippen molar-refractivity contribution >= 4 is 17.2 Å². The maximum Gasteiger partial charge on any atom is 0.0597 e. The highest BCUT2D eigenvalue weighted by molar-refractivity contribution is 6.32. The maximum atomic E-state index is 6.15. The third kappa shape index (κ3) is 1.92. The minimum Gasteiger partial charge on any atom is -0.375 e. The lowest BCUT2D eigenvalue weighted by molar-refractivity contribution is 0.509. The molecule has 1 aliphatic rings. The zero-order valence-corrected chi connectivity index (χ0v) is 9.91. The molecule has 3 nitrogen and oxygen atoms in total. The molecule has 2 rings (SSSR count). The third-order valence-corrected chi connectivity index (χ3v) is 2.99. The highest BCUT2D eigenvalue weighted by atomic mass is 35.5. The lowest BCUT2D eigenvalue weighted by Crippen LogP contribution is -2.19. The Morgan fingerprint density at radius 3 is 2.73 bits per heavy atom. The molecule has 4 heteroatoms. The Balaban J connectivity index is 2.44. The Bertz CT molecular complexity index is 442. The van der Waals surface area contributed by atoms with E-state index in [2.05, 4.69) is 10.00 Å². The first-order valence-corrected chi connectivity index (χ1v) is 5.22. The predicted molar refractivity (Wildman–Crippen MR) is 62.4 cm³/mol. The largest absolute Gasteiger partial charge is 0.375 e. The molecule has 0 amide bonds. The highest BCUT2D eigenvalue weighted by Crippen LogP contribution is 2.29. The topological polar surface area (TPSA) is 21.1 Å². The summed E-state index contributed by atoms with van der Waals surface area (Å²) in [6.45, 7) is 2.93. The van der Waals surface area contributed by atoms with Crippen LogP contribution in [0.25, 0.3) is 5.57 Å². The number of rotatable bonds is 1. The van der Waals surface area contributed by atoms with Crippen molar-refractivity contribution in [3.8, 4) is 0 Å². The average molecular weight is 224 g/mol. The van der Waals surface area contributed by atoms with Crippen molar-refractivity contribution in [2.45, 2.75) is 6.92 Å². The molecule has 2 heterocycles. The second-order valence-electron chi connectivity index (χ2n) is 3.90. The van der Waals surface area contributed by atoms with Gasteiger partial charge in [0, 0.05) is 38.6 Å². The van der Waals surface area contributed by atoms with Gasteiger partial charge in [0.2, 0.25) is 0 Å². The molecule has 0 aromatic carbocycles. The number of aromatic nitrogens is 2. The van der Waals surface area contributed by atoms with E-state index in [9.17, 15) is 0 Å². The minimum atomic E-state index is 0.808. The molecular formula is C11H14ClN3. The number of hydrogen-bond donors (Lipinski definition) is 0. The van der Waals surface area contributed by atoms with E-state index in [1.807, 2.05) is 44.3 Å². The summed E-state index contributed by atoms with van der Waals surface area (Å²) in [5.74, 6) is 0. The van der Waals surface area contributed by atoms with E-state index >= 15 is 0 Å². The van der Waals surface area contributed by atoms with Gasteiger partial charge in [-0.2, -0.15) is 5.10 Å². The normalized spacial score (nSPS) is 17.1. The van der Waals surface area contributed by atoms with Gasteiger partial charge in [-0.05, 0) is 18.1 Å². The van der Waals surface area contributed by atoms with Crippen LogP contribution in [0.15, 0.2) is 29.2 Å². The lowest BCUT2D eigenvalue weighted by atomic mass is 10.0. The number of halogens is 1. The van der Waals surface area contributed by atoms with E-state index in [-0.39, 0.29) is 0 Å². The quantitative estimate of drug-likeness (QED) is 0.728. The second-order valence-corrected chi connectivity index (χ2v) is 4.31. The van der Waals surface area contributed by atoms with Gasteiger partial charge in [-0.1, -0.05) is 11.6 Å². The standard InChI is InChI=1S/C11H14ClN3/c1-8-10(6-14(2)7-11(8)12)9-4-13-15(3)5-9/h4-5,7H,6H2,1-3H3. The van der Waals surface area contributed by atoms with Crippen LogP contribution in [0.5, 0.6) is 0 Å². The van der Waals surface area contributed by atoms with Crippen molar-refractivity contribution in [2.75, 3.05) is 13.6 Å². The van der Waals surface area contributed by atoms with Gasteiger partial charge >= 0.3 is 0 Å². The second kappa shape index (κ2) is 3.74. The summed E-state index contributed by atoms with van der Waals surface area (Å²) in [7, 11) is 3.94. The average Bonchev–Trinajstić information content (AvgIpc) is 2.58. The summed E-state index contributed by atoms with van der Waals surface area (Å²) in [4.78, 5) is 2.08. The summed E-state index contributed by atoms with van der Waals surface area (Å²) in [5, 5.41) is 4.99. The fourth-order valence-electron chi connectivity index (χ4n) is 1.73. The molecule has 0 spiro atoms. The van der Waals surface area contributed by atoms with Gasteiger partial charge < -0.3 is 4.90 Å². The van der Waals surface area contributed by atoms with E-state index in [4.69, 9.17) is 11.6 Å². The number of likely N-dealkylation sites (N-methyl/N-ethyl adjacent to an activating group) is 1. The summed E-state index contributed by atoms with van der Waals surface area (Å²) in [5.41, 5.74) is 3.54. The fraction of sp³-hybridized carbons (Fsp3) is 0.364. The zero-order valence-electron chi connectivity index (χ0n) is 9.16. The number of nitrogens with zero attached hydrogens (tertiary/aromatic N) is 3. The Kier molecular flexibility index (Phi) is 2.57. The molecule has 0 radical (unpaired) electrons. The van der Waals surface area contributed by atoms with Gasteiger partial charge in [-0.15, -0.1) is 0 Å². The summed E-state index contributed by atoms with van der Waals surface area (Å²) in [6.07, 6.45) is 5.85. The summed E-state index contributed by atoms with van der Waals surface area (Å²) < 4.78 is 1.81. The fourth-order valence-corrected chi connectivity index (χ4v) is 2.01. The lowest BCUT2D eigenvalue weighted by Gasteiger charge is -2.23. The molecule has 0 fully saturated rings. The van der Waals surface area contributed by atoms with Crippen molar-refractivity contribution in [3.05, 3.63) is 34.8 Å². The Morgan fingerprint density at radius 2 is 2.13 bits per heavy atom. The smallest absolute Gasteiger partial charge is 0.0597 e. The molecule has 0 saturated carbocycles. The molecule has 15 heavy (non-hydrogen) atoms. The van der Waals surface area contributed by atoms with Gasteiger partial charge in [0.1, 0.15) is 0 Å². The number of aryl methyl sites for hydroxylation is 1. The third-order valence-electron chi connectivity index (χ3n) is 2.61. The van der Waals surface area contributed by atoms with Crippen LogP contribution in [0.3, 0.4) is 0 Å². The van der Waals surface area contributed by atoms with Crippen molar-refractivity contribution in [1.29, 1.82) is 0 Å². The predicted octanol–water partition coefficient (Wildman–Crippen LogP) is 2.22. The van der Waals surface area contributed by atoms with Crippen molar-refractivity contribution < 1.29 is 0 Å². The molecule has 0 N–H and O–H groups in total. The summed E-state index contributed by atoms with van der Waals surface area (Å²) in [6, 6.07) is 0. The van der Waals surface area contributed by atoms with Gasteiger partial charge in [0.05, 0.1) is 11.2 Å². The molecule has 0 atom stereocenters. The molecular weight excluding hydrogens is 210 g/mol. The first-order chi connectivity index (χ1) is 7.08. The first-order valence-electron chi connectivity index (χ1n) is 4.84. The highest BCUT2D eigenvalue weighted by Gasteiger charge is 2.16. The molecule has 80 valence electrons. The van der Waals surface area contributed by atoms with Gasteiger partial charge in [0.15, 0.2) is 0 Å². The Labute approximate surface area is 94.6 Å². The Morgan fingerprint density at radius 1 is 1.40 bits per heavy atom. The van der Waals surface area contributed by atoms with E-state index < -0.39 is 0 Å². The van der Waals surface area contributed by atoms with Crippen molar-refractivity contribution in [2.24, 2.45) is 7.05 Å². The van der Waals surface area contributed by atoms with Crippen LogP contribution < -0.4 is 0 Å². The molecule has 0 aliphatic carbocycles. The first kappa shape index (κ1) is 10.3. The Hall–Kier alpha value is -1.22. The van der Waals surface area contributed by atoms with E-state index in [1.54, 1.807) is 0 Å². The SMILES string of the molecule is CC1=C(c2cnn(C)c2)CN(C)C=C1Cl. The van der Waals surface area contributed by atoms with Crippen LogP contribution in [0.1, 0.15) is 12.5 Å². The van der Waals surface area contributed by atoms with Gasteiger partial charge in [-0.25, -0.2) is 0 Å². The minimum absolute atomic E-state index is 0.808. The molecule has 1 aliphatic heterocycles. The van der Waals surface area contributed by atoms with Crippen LogP contribution in [0, 0.1) is 0 Å². The molecule has 1 aromatic heterocycles. The van der Waals surface area contributed by atoms with Gasteiger partial charge in [-0.3, -0.25) is 4.68 Å². The van der Waals surface area contributed by atoms with Crippen LogP contribution >= 0.6 is 11.6 Å². The molecule has 0 unspecified atom stereocenters. The van der Waals surface area contributed by atoms with E-state index in [0.29, 0.717) is 0 Å². The van der Waals surface area contributed by atoms with Crippen molar-refractivity contribution in [1.82, 2.24) is 14.7 Å². The number of hydrogen-bond acceptors (Lipinski definition) is 2.